The zero-order valence-electron chi connectivity index (χ0n) is 10.4. The molecule has 18 heavy (non-hydrogen) atoms. The number of aryl methyl sites for hydroxylation is 1. The summed E-state index contributed by atoms with van der Waals surface area (Å²) in [4.78, 5) is 11.4. The van der Waals surface area contributed by atoms with Crippen LogP contribution in [0.5, 0.6) is 0 Å². The first-order valence-electron chi connectivity index (χ1n) is 5.57. The van der Waals surface area contributed by atoms with E-state index in [1.165, 1.54) is 12.7 Å². The average molecular weight is 245 g/mol. The number of esters is 1. The lowest BCUT2D eigenvalue weighted by Gasteiger charge is -2.01. The van der Waals surface area contributed by atoms with Crippen LogP contribution in [0.3, 0.4) is 0 Å². The summed E-state index contributed by atoms with van der Waals surface area (Å²) in [6, 6.07) is 8.10. The van der Waals surface area contributed by atoms with E-state index < -0.39 is 5.97 Å². The highest BCUT2D eigenvalue weighted by Gasteiger charge is 2.14. The van der Waals surface area contributed by atoms with Crippen molar-refractivity contribution in [3.05, 3.63) is 47.2 Å². The van der Waals surface area contributed by atoms with E-state index in [9.17, 15) is 4.79 Å². The van der Waals surface area contributed by atoms with Gasteiger partial charge in [0, 0.05) is 6.20 Å². The van der Waals surface area contributed by atoms with Crippen molar-refractivity contribution in [2.24, 2.45) is 0 Å². The van der Waals surface area contributed by atoms with Crippen molar-refractivity contribution in [2.45, 2.75) is 13.5 Å². The van der Waals surface area contributed by atoms with Crippen LogP contribution in [0.4, 0.5) is 5.82 Å². The van der Waals surface area contributed by atoms with Crippen LogP contribution in [0.1, 0.15) is 21.5 Å². The van der Waals surface area contributed by atoms with Crippen molar-refractivity contribution >= 4 is 11.8 Å². The fourth-order valence-electron chi connectivity index (χ4n) is 1.67. The predicted molar refractivity (Wildman–Crippen MR) is 68.3 cm³/mol. The summed E-state index contributed by atoms with van der Waals surface area (Å²) in [5.74, 6) is -0.281. The molecule has 0 spiro atoms. The molecule has 5 heteroatoms. The molecule has 0 aliphatic carbocycles. The number of hydrogen-bond donors (Lipinski definition) is 1. The minimum Gasteiger partial charge on any atom is -0.465 e. The predicted octanol–water partition coefficient (Wildman–Crippen LogP) is 1.61. The van der Waals surface area contributed by atoms with E-state index in [0.29, 0.717) is 12.1 Å². The molecule has 0 saturated heterocycles. The van der Waals surface area contributed by atoms with Gasteiger partial charge >= 0.3 is 5.97 Å². The van der Waals surface area contributed by atoms with Crippen LogP contribution in [0.15, 0.2) is 30.5 Å². The normalized spacial score (nSPS) is 10.3. The SMILES string of the molecule is COC(=O)c1cn(Cc2ccc(C)cc2)nc1N. The Morgan fingerprint density at radius 2 is 2.06 bits per heavy atom. The van der Waals surface area contributed by atoms with Crippen LogP contribution < -0.4 is 5.73 Å². The van der Waals surface area contributed by atoms with E-state index in [1.807, 2.05) is 31.2 Å². The van der Waals surface area contributed by atoms with E-state index in [4.69, 9.17) is 5.73 Å². The number of anilines is 1. The quantitative estimate of drug-likeness (QED) is 0.834. The molecule has 1 heterocycles. The molecule has 0 unspecified atom stereocenters. The number of benzene rings is 1. The molecule has 0 aliphatic heterocycles. The van der Waals surface area contributed by atoms with Crippen molar-refractivity contribution < 1.29 is 9.53 Å². The fraction of sp³-hybridized carbons (Fsp3) is 0.231. The second-order valence-electron chi connectivity index (χ2n) is 4.10. The number of rotatable bonds is 3. The van der Waals surface area contributed by atoms with Gasteiger partial charge in [-0.05, 0) is 12.5 Å². The molecule has 1 aromatic carbocycles. The second-order valence-corrected chi connectivity index (χ2v) is 4.10. The Morgan fingerprint density at radius 3 is 2.67 bits per heavy atom. The highest BCUT2D eigenvalue weighted by Crippen LogP contribution is 2.12. The number of ether oxygens (including phenoxy) is 1. The van der Waals surface area contributed by atoms with Gasteiger partial charge in [0.15, 0.2) is 5.82 Å². The molecule has 0 atom stereocenters. The first-order valence-corrected chi connectivity index (χ1v) is 5.57. The lowest BCUT2D eigenvalue weighted by Crippen LogP contribution is -2.02. The van der Waals surface area contributed by atoms with Gasteiger partial charge < -0.3 is 10.5 Å². The van der Waals surface area contributed by atoms with Gasteiger partial charge in [-0.1, -0.05) is 29.8 Å². The van der Waals surface area contributed by atoms with E-state index >= 15 is 0 Å². The Morgan fingerprint density at radius 1 is 1.39 bits per heavy atom. The lowest BCUT2D eigenvalue weighted by molar-refractivity contribution is 0.0602. The average Bonchev–Trinajstić information content (AvgIpc) is 2.72. The molecule has 0 amide bonds. The third-order valence-corrected chi connectivity index (χ3v) is 2.66. The number of aromatic nitrogens is 2. The molecule has 0 aliphatic rings. The zero-order chi connectivity index (χ0) is 13.1. The molecule has 2 aromatic rings. The summed E-state index contributed by atoms with van der Waals surface area (Å²) in [5, 5.41) is 4.09. The Kier molecular flexibility index (Phi) is 3.32. The van der Waals surface area contributed by atoms with Gasteiger partial charge in [-0.15, -0.1) is 0 Å². The molecule has 0 radical (unpaired) electrons. The maximum atomic E-state index is 11.4. The number of nitrogens with zero attached hydrogens (tertiary/aromatic N) is 2. The van der Waals surface area contributed by atoms with Crippen LogP contribution in [0, 0.1) is 6.92 Å². The largest absolute Gasteiger partial charge is 0.465 e. The van der Waals surface area contributed by atoms with Gasteiger partial charge in [0.05, 0.1) is 13.7 Å². The summed E-state index contributed by atoms with van der Waals surface area (Å²) in [6.07, 6.45) is 1.60. The van der Waals surface area contributed by atoms with Gasteiger partial charge in [0.25, 0.3) is 0 Å². The molecular weight excluding hydrogens is 230 g/mol. The lowest BCUT2D eigenvalue weighted by atomic mass is 10.1. The smallest absolute Gasteiger partial charge is 0.343 e. The van der Waals surface area contributed by atoms with E-state index in [0.717, 1.165) is 5.56 Å². The fourth-order valence-corrected chi connectivity index (χ4v) is 1.67. The van der Waals surface area contributed by atoms with Crippen LogP contribution in [0.2, 0.25) is 0 Å². The molecule has 0 bridgehead atoms. The topological polar surface area (TPSA) is 70.1 Å². The Bertz CT molecular complexity index is 558. The van der Waals surface area contributed by atoms with Gasteiger partial charge in [0.1, 0.15) is 5.56 Å². The number of carbonyl (C=O) groups is 1. The maximum Gasteiger partial charge on any atom is 0.343 e. The van der Waals surface area contributed by atoms with Crippen molar-refractivity contribution in [1.29, 1.82) is 0 Å². The van der Waals surface area contributed by atoms with Crippen LogP contribution in [-0.4, -0.2) is 22.9 Å². The van der Waals surface area contributed by atoms with Crippen molar-refractivity contribution in [2.75, 3.05) is 12.8 Å². The summed E-state index contributed by atoms with van der Waals surface area (Å²) >= 11 is 0. The van der Waals surface area contributed by atoms with E-state index in [2.05, 4.69) is 9.84 Å². The molecule has 5 nitrogen and oxygen atoms in total. The van der Waals surface area contributed by atoms with Crippen molar-refractivity contribution in [3.63, 3.8) is 0 Å². The molecule has 1 aromatic heterocycles. The summed E-state index contributed by atoms with van der Waals surface area (Å²) in [7, 11) is 1.32. The van der Waals surface area contributed by atoms with Crippen molar-refractivity contribution in [1.82, 2.24) is 9.78 Å². The van der Waals surface area contributed by atoms with Gasteiger partial charge in [-0.3, -0.25) is 4.68 Å². The number of hydrogen-bond acceptors (Lipinski definition) is 4. The molecule has 0 fully saturated rings. The van der Waals surface area contributed by atoms with Crippen LogP contribution in [-0.2, 0) is 11.3 Å². The number of methoxy groups -OCH3 is 1. The first-order chi connectivity index (χ1) is 8.60. The minimum absolute atomic E-state index is 0.189. The zero-order valence-corrected chi connectivity index (χ0v) is 10.4. The molecule has 2 rings (SSSR count). The highest BCUT2D eigenvalue weighted by molar-refractivity contribution is 5.93. The van der Waals surface area contributed by atoms with Crippen LogP contribution in [0.25, 0.3) is 0 Å². The van der Waals surface area contributed by atoms with Gasteiger partial charge in [-0.2, -0.15) is 5.10 Å². The Hall–Kier alpha value is -2.30. The highest BCUT2D eigenvalue weighted by atomic mass is 16.5. The Labute approximate surface area is 105 Å². The number of nitrogen functional groups attached to an aromatic ring is 1. The summed E-state index contributed by atoms with van der Waals surface area (Å²) in [6.45, 7) is 2.60. The third-order valence-electron chi connectivity index (χ3n) is 2.66. The molecule has 2 N–H and O–H groups in total. The minimum atomic E-state index is -0.470. The standard InChI is InChI=1S/C13H15N3O2/c1-9-3-5-10(6-4-9)7-16-8-11(12(14)15-16)13(17)18-2/h3-6,8H,7H2,1-2H3,(H2,14,15). The second kappa shape index (κ2) is 4.91. The number of nitrogens with two attached hydrogens (primary N) is 1. The third kappa shape index (κ3) is 2.51. The number of carbonyl (C=O) groups excluding carboxylic acids is 1. The van der Waals surface area contributed by atoms with Gasteiger partial charge in [0.2, 0.25) is 0 Å². The summed E-state index contributed by atoms with van der Waals surface area (Å²) in [5.41, 5.74) is 8.26. The van der Waals surface area contributed by atoms with E-state index in [-0.39, 0.29) is 5.82 Å². The van der Waals surface area contributed by atoms with E-state index in [1.54, 1.807) is 10.9 Å². The molecule has 0 saturated carbocycles. The molecular formula is C13H15N3O2. The summed E-state index contributed by atoms with van der Waals surface area (Å²) < 4.78 is 6.26. The Balaban J connectivity index is 2.20. The molecule has 94 valence electrons. The van der Waals surface area contributed by atoms with Crippen LogP contribution >= 0.6 is 0 Å². The maximum absolute atomic E-state index is 11.4. The monoisotopic (exact) mass is 245 g/mol. The van der Waals surface area contributed by atoms with Gasteiger partial charge in [-0.25, -0.2) is 4.79 Å². The van der Waals surface area contributed by atoms with Crippen molar-refractivity contribution in [3.8, 4) is 0 Å². The first kappa shape index (κ1) is 12.2.